The Hall–Kier alpha value is -3.40. The Bertz CT molecular complexity index is 1640. The van der Waals surface area contributed by atoms with Crippen molar-refractivity contribution in [2.45, 2.75) is 37.4 Å². The van der Waals surface area contributed by atoms with Gasteiger partial charge in [0.15, 0.2) is 5.16 Å². The summed E-state index contributed by atoms with van der Waals surface area (Å²) in [7, 11) is -3.93. The number of hydrogen-bond acceptors (Lipinski definition) is 6. The number of sulfonamides is 1. The van der Waals surface area contributed by atoms with Gasteiger partial charge in [-0.1, -0.05) is 71.4 Å². The van der Waals surface area contributed by atoms with Crippen molar-refractivity contribution in [3.63, 3.8) is 0 Å². The van der Waals surface area contributed by atoms with E-state index in [1.807, 2.05) is 63.2 Å². The molecule has 4 aromatic rings. The summed E-state index contributed by atoms with van der Waals surface area (Å²) in [5.41, 5.74) is 6.11. The van der Waals surface area contributed by atoms with Crippen LogP contribution in [0.4, 0.5) is 11.4 Å². The second kappa shape index (κ2) is 10.4. The topological polar surface area (TPSA) is 92.3 Å². The van der Waals surface area contributed by atoms with Crippen LogP contribution in [0.25, 0.3) is 11.3 Å². The highest BCUT2D eigenvalue weighted by Gasteiger charge is 2.37. The Labute approximate surface area is 231 Å². The zero-order chi connectivity index (χ0) is 27.0. The molecule has 0 bridgehead atoms. The predicted molar refractivity (Wildman–Crippen MR) is 152 cm³/mol. The van der Waals surface area contributed by atoms with Gasteiger partial charge in [0, 0.05) is 16.3 Å². The summed E-state index contributed by atoms with van der Waals surface area (Å²) in [6.45, 7) is 6.09. The first-order valence-electron chi connectivity index (χ1n) is 11.9. The summed E-state index contributed by atoms with van der Waals surface area (Å²) < 4.78 is 28.7. The van der Waals surface area contributed by atoms with Crippen molar-refractivity contribution < 1.29 is 13.2 Å². The summed E-state index contributed by atoms with van der Waals surface area (Å²) in [6.07, 6.45) is 1.31. The summed E-state index contributed by atoms with van der Waals surface area (Å²) in [5.74, 6) is -0.127. The molecule has 0 atom stereocenters. The monoisotopic (exact) mass is 564 g/mol. The lowest BCUT2D eigenvalue weighted by Gasteiger charge is -2.31. The number of carbonyl (C=O) groups is 1. The van der Waals surface area contributed by atoms with Gasteiger partial charge in [-0.15, -0.1) is 0 Å². The number of aryl methyl sites for hydroxylation is 3. The number of halogens is 1. The number of carbonyl (C=O) groups excluding carboxylic acids is 1. The largest absolute Gasteiger partial charge is 0.325 e. The summed E-state index contributed by atoms with van der Waals surface area (Å²) in [4.78, 5) is 21.6. The van der Waals surface area contributed by atoms with Crippen LogP contribution in [-0.4, -0.2) is 30.0 Å². The molecule has 194 valence electrons. The second-order valence-electron chi connectivity index (χ2n) is 9.13. The highest BCUT2D eigenvalue weighted by molar-refractivity contribution is 7.99. The molecule has 0 fully saturated rings. The van der Waals surface area contributed by atoms with Crippen LogP contribution in [0.15, 0.2) is 76.9 Å². The fourth-order valence-electron chi connectivity index (χ4n) is 4.57. The highest BCUT2D eigenvalue weighted by atomic mass is 35.5. The molecule has 0 unspecified atom stereocenters. The van der Waals surface area contributed by atoms with Crippen LogP contribution in [-0.2, 0) is 21.4 Å². The van der Waals surface area contributed by atoms with Crippen LogP contribution in [0, 0.1) is 20.8 Å². The molecule has 0 spiro atoms. The maximum absolute atomic E-state index is 13.7. The van der Waals surface area contributed by atoms with Gasteiger partial charge < -0.3 is 5.32 Å². The van der Waals surface area contributed by atoms with E-state index >= 15 is 0 Å². The molecular formula is C28H25ClN4O3S2. The Balaban J connectivity index is 1.43. The van der Waals surface area contributed by atoms with Crippen molar-refractivity contribution in [3.05, 3.63) is 94.1 Å². The van der Waals surface area contributed by atoms with E-state index < -0.39 is 10.0 Å². The molecule has 5 rings (SSSR count). The third-order valence-corrected chi connectivity index (χ3v) is 9.08. The molecule has 1 N–H and O–H groups in total. The number of benzene rings is 3. The molecule has 2 heterocycles. The molecule has 1 amide bonds. The van der Waals surface area contributed by atoms with E-state index in [4.69, 9.17) is 11.6 Å². The van der Waals surface area contributed by atoms with E-state index in [2.05, 4.69) is 15.3 Å². The van der Waals surface area contributed by atoms with E-state index in [-0.39, 0.29) is 28.8 Å². The Morgan fingerprint density at radius 3 is 2.45 bits per heavy atom. The zero-order valence-electron chi connectivity index (χ0n) is 21.0. The number of nitrogens with zero attached hydrogens (tertiary/aromatic N) is 3. The van der Waals surface area contributed by atoms with Gasteiger partial charge in [0.1, 0.15) is 4.90 Å². The van der Waals surface area contributed by atoms with Gasteiger partial charge in [-0.3, -0.25) is 9.10 Å². The SMILES string of the molecule is Cc1cc(C)c(NC(=O)CSc2ncc3c(n2)-c2cc(Cl)ccc2N(Cc2ccccc2)S3(=O)=O)c(C)c1. The van der Waals surface area contributed by atoms with E-state index in [0.29, 0.717) is 21.4 Å². The number of fused-ring (bicyclic) bond motifs is 3. The fraction of sp³-hybridized carbons (Fsp3) is 0.179. The van der Waals surface area contributed by atoms with Crippen LogP contribution < -0.4 is 9.62 Å². The van der Waals surface area contributed by atoms with Crippen LogP contribution >= 0.6 is 23.4 Å². The van der Waals surface area contributed by atoms with Gasteiger partial charge in [-0.25, -0.2) is 18.4 Å². The van der Waals surface area contributed by atoms with Gasteiger partial charge in [0.2, 0.25) is 5.91 Å². The van der Waals surface area contributed by atoms with Crippen molar-refractivity contribution in [1.29, 1.82) is 0 Å². The Morgan fingerprint density at radius 1 is 1.03 bits per heavy atom. The number of aromatic nitrogens is 2. The molecule has 38 heavy (non-hydrogen) atoms. The molecule has 0 saturated heterocycles. The summed E-state index contributed by atoms with van der Waals surface area (Å²) in [6, 6.07) is 18.5. The molecule has 7 nitrogen and oxygen atoms in total. The zero-order valence-corrected chi connectivity index (χ0v) is 23.4. The standard InChI is InChI=1S/C28H25ClN4O3S2/c1-17-11-18(2)26(19(3)12-17)31-25(34)16-37-28-30-14-24-27(32-28)22-13-21(29)9-10-23(22)33(38(24,35)36)15-20-7-5-4-6-8-20/h4-14H,15-16H2,1-3H3,(H,31,34). The van der Waals surface area contributed by atoms with Gasteiger partial charge in [-0.2, -0.15) is 0 Å². The van der Waals surface area contributed by atoms with Gasteiger partial charge in [0.25, 0.3) is 10.0 Å². The maximum Gasteiger partial charge on any atom is 0.268 e. The van der Waals surface area contributed by atoms with Crippen LogP contribution in [0.3, 0.4) is 0 Å². The van der Waals surface area contributed by atoms with Crippen LogP contribution in [0.1, 0.15) is 22.3 Å². The molecule has 0 radical (unpaired) electrons. The van der Waals surface area contributed by atoms with E-state index in [1.54, 1.807) is 18.2 Å². The lowest BCUT2D eigenvalue weighted by molar-refractivity contribution is -0.113. The van der Waals surface area contributed by atoms with Crippen molar-refractivity contribution in [2.24, 2.45) is 0 Å². The first-order chi connectivity index (χ1) is 18.1. The molecule has 10 heteroatoms. The summed E-state index contributed by atoms with van der Waals surface area (Å²) >= 11 is 7.45. The number of thioether (sulfide) groups is 1. The fourth-order valence-corrected chi connectivity index (χ4v) is 6.92. The minimum absolute atomic E-state index is 0.00269. The normalized spacial score (nSPS) is 13.5. The number of amides is 1. The van der Waals surface area contributed by atoms with Gasteiger partial charge in [-0.05, 0) is 55.7 Å². The average molecular weight is 565 g/mol. The van der Waals surface area contributed by atoms with E-state index in [0.717, 1.165) is 39.7 Å². The van der Waals surface area contributed by atoms with E-state index in [9.17, 15) is 13.2 Å². The lowest BCUT2D eigenvalue weighted by atomic mass is 10.1. The van der Waals surface area contributed by atoms with Crippen molar-refractivity contribution in [1.82, 2.24) is 9.97 Å². The molecule has 3 aromatic carbocycles. The second-order valence-corrected chi connectivity index (χ2v) is 12.3. The predicted octanol–water partition coefficient (Wildman–Crippen LogP) is 6.16. The van der Waals surface area contributed by atoms with Crippen molar-refractivity contribution >= 4 is 50.7 Å². The van der Waals surface area contributed by atoms with E-state index in [1.165, 1.54) is 10.5 Å². The summed E-state index contributed by atoms with van der Waals surface area (Å²) in [5, 5.41) is 3.73. The highest BCUT2D eigenvalue weighted by Crippen LogP contribution is 2.44. The number of anilines is 2. The minimum atomic E-state index is -3.93. The molecular weight excluding hydrogens is 540 g/mol. The maximum atomic E-state index is 13.7. The van der Waals surface area contributed by atoms with Crippen LogP contribution in [0.5, 0.6) is 0 Å². The lowest BCUT2D eigenvalue weighted by Crippen LogP contribution is -2.34. The van der Waals surface area contributed by atoms with Gasteiger partial charge in [0.05, 0.1) is 29.9 Å². The smallest absolute Gasteiger partial charge is 0.268 e. The third-order valence-electron chi connectivity index (χ3n) is 6.23. The molecule has 0 aliphatic carbocycles. The van der Waals surface area contributed by atoms with Gasteiger partial charge >= 0.3 is 0 Å². The molecule has 1 aliphatic rings. The molecule has 0 saturated carbocycles. The molecule has 1 aliphatic heterocycles. The minimum Gasteiger partial charge on any atom is -0.325 e. The van der Waals surface area contributed by atoms with Crippen molar-refractivity contribution in [2.75, 3.05) is 15.4 Å². The first kappa shape index (κ1) is 26.2. The first-order valence-corrected chi connectivity index (χ1v) is 14.7. The number of nitrogens with one attached hydrogen (secondary N) is 1. The number of rotatable bonds is 6. The van der Waals surface area contributed by atoms with Crippen molar-refractivity contribution in [3.8, 4) is 11.3 Å². The molecule has 1 aromatic heterocycles. The Morgan fingerprint density at radius 2 is 1.74 bits per heavy atom. The van der Waals surface area contributed by atoms with Crippen LogP contribution in [0.2, 0.25) is 5.02 Å². The third kappa shape index (κ3) is 5.14. The Kier molecular flexibility index (Phi) is 7.17. The number of hydrogen-bond donors (Lipinski definition) is 1. The average Bonchev–Trinajstić information content (AvgIpc) is 2.88. The quantitative estimate of drug-likeness (QED) is 0.223.